The van der Waals surface area contributed by atoms with E-state index in [1.54, 1.807) is 28.1 Å². The molecule has 0 unspecified atom stereocenters. The van der Waals surface area contributed by atoms with E-state index in [4.69, 9.17) is 15.5 Å². The van der Waals surface area contributed by atoms with E-state index in [2.05, 4.69) is 20.2 Å². The molecule has 0 aromatic carbocycles. The monoisotopic (exact) mass is 468 g/mol. The molecule has 2 aromatic heterocycles. The van der Waals surface area contributed by atoms with Crippen molar-refractivity contribution in [3.8, 4) is 0 Å². The molecule has 11 heteroatoms. The Labute approximate surface area is 199 Å². The highest BCUT2D eigenvalue weighted by Gasteiger charge is 2.30. The zero-order valence-corrected chi connectivity index (χ0v) is 19.5. The normalized spacial score (nSPS) is 17.1. The first-order valence-electron chi connectivity index (χ1n) is 11.8. The van der Waals surface area contributed by atoms with Gasteiger partial charge in [-0.25, -0.2) is 24.5 Å². The number of nitrogens with one attached hydrogen (secondary N) is 1. The minimum absolute atomic E-state index is 0.000383. The highest BCUT2D eigenvalue weighted by molar-refractivity contribution is 6.02. The number of carbonyl (C=O) groups is 2. The Morgan fingerprint density at radius 3 is 2.65 bits per heavy atom. The molecule has 1 saturated carbocycles. The summed E-state index contributed by atoms with van der Waals surface area (Å²) in [5.74, 6) is 1.60. The van der Waals surface area contributed by atoms with Crippen LogP contribution < -0.4 is 20.9 Å². The second kappa shape index (κ2) is 11.0. The van der Waals surface area contributed by atoms with Crippen LogP contribution in [0.15, 0.2) is 30.7 Å². The maximum absolute atomic E-state index is 13.4. The number of urea groups is 1. The summed E-state index contributed by atoms with van der Waals surface area (Å²) in [5.41, 5.74) is 6.81. The van der Waals surface area contributed by atoms with Crippen LogP contribution in [0.25, 0.3) is 0 Å². The number of amides is 3. The van der Waals surface area contributed by atoms with E-state index in [0.717, 1.165) is 50.9 Å². The molecule has 182 valence electrons. The van der Waals surface area contributed by atoms with Crippen LogP contribution in [0.5, 0.6) is 0 Å². The van der Waals surface area contributed by atoms with Crippen molar-refractivity contribution in [1.29, 1.82) is 0 Å². The summed E-state index contributed by atoms with van der Waals surface area (Å²) in [6.45, 7) is 2.51. The Bertz CT molecular complexity index is 983. The van der Waals surface area contributed by atoms with Gasteiger partial charge in [0, 0.05) is 38.4 Å². The van der Waals surface area contributed by atoms with Crippen molar-refractivity contribution in [1.82, 2.24) is 19.9 Å². The molecule has 0 radical (unpaired) electrons. The van der Waals surface area contributed by atoms with E-state index in [1.807, 2.05) is 6.07 Å². The number of ether oxygens (including phenoxy) is 1. The van der Waals surface area contributed by atoms with Crippen LogP contribution in [0, 0.1) is 0 Å². The van der Waals surface area contributed by atoms with Crippen LogP contribution in [-0.2, 0) is 4.74 Å². The second-order valence-electron chi connectivity index (χ2n) is 8.57. The van der Waals surface area contributed by atoms with Crippen LogP contribution in [0.4, 0.5) is 32.7 Å². The molecule has 1 aliphatic heterocycles. The lowest BCUT2D eigenvalue weighted by Crippen LogP contribution is -2.45. The molecule has 2 aliphatic rings. The van der Waals surface area contributed by atoms with Gasteiger partial charge < -0.3 is 20.3 Å². The van der Waals surface area contributed by atoms with Gasteiger partial charge >= 0.3 is 12.1 Å². The smallest absolute Gasteiger partial charge is 0.409 e. The molecular formula is C23H32N8O3. The lowest BCUT2D eigenvalue weighted by molar-refractivity contribution is 0.126. The molecule has 2 aromatic rings. The molecule has 3 heterocycles. The van der Waals surface area contributed by atoms with Crippen LogP contribution >= 0.6 is 0 Å². The third-order valence-electron chi connectivity index (χ3n) is 6.35. The van der Waals surface area contributed by atoms with Gasteiger partial charge in [-0.2, -0.15) is 0 Å². The van der Waals surface area contributed by atoms with E-state index in [1.165, 1.54) is 13.4 Å². The Morgan fingerprint density at radius 2 is 1.91 bits per heavy atom. The average Bonchev–Trinajstić information content (AvgIpc) is 3.13. The predicted molar refractivity (Wildman–Crippen MR) is 130 cm³/mol. The zero-order chi connectivity index (χ0) is 23.9. The molecule has 3 N–H and O–H groups in total. The van der Waals surface area contributed by atoms with Gasteiger partial charge in [0.25, 0.3) is 0 Å². The number of hydrogen-bond donors (Lipinski definition) is 2. The van der Waals surface area contributed by atoms with E-state index in [9.17, 15) is 9.59 Å². The molecule has 34 heavy (non-hydrogen) atoms. The predicted octanol–water partition coefficient (Wildman–Crippen LogP) is 3.10. The molecular weight excluding hydrogens is 436 g/mol. The van der Waals surface area contributed by atoms with Crippen LogP contribution in [-0.4, -0.2) is 71.3 Å². The summed E-state index contributed by atoms with van der Waals surface area (Å²) in [7, 11) is 1.39. The van der Waals surface area contributed by atoms with Crippen molar-refractivity contribution in [2.45, 2.75) is 44.6 Å². The number of anilines is 4. The lowest BCUT2D eigenvalue weighted by atomic mass is 9.94. The number of nitrogen functional groups attached to an aromatic ring is 1. The molecule has 4 rings (SSSR count). The van der Waals surface area contributed by atoms with Crippen molar-refractivity contribution in [3.63, 3.8) is 0 Å². The maximum atomic E-state index is 13.4. The largest absolute Gasteiger partial charge is 0.453 e. The van der Waals surface area contributed by atoms with E-state index < -0.39 is 0 Å². The van der Waals surface area contributed by atoms with Gasteiger partial charge in [-0.15, -0.1) is 0 Å². The van der Waals surface area contributed by atoms with Gasteiger partial charge in [-0.1, -0.05) is 19.3 Å². The summed E-state index contributed by atoms with van der Waals surface area (Å²) in [6.07, 6.45) is 8.48. The molecule has 0 bridgehead atoms. The van der Waals surface area contributed by atoms with Gasteiger partial charge in [0.15, 0.2) is 5.82 Å². The summed E-state index contributed by atoms with van der Waals surface area (Å²) < 4.78 is 4.87. The van der Waals surface area contributed by atoms with Crippen molar-refractivity contribution < 1.29 is 14.3 Å². The van der Waals surface area contributed by atoms with Crippen molar-refractivity contribution >= 4 is 35.3 Å². The van der Waals surface area contributed by atoms with Crippen LogP contribution in [0.3, 0.4) is 0 Å². The number of carbonyl (C=O) groups excluding carboxylic acids is 2. The van der Waals surface area contributed by atoms with Crippen molar-refractivity contribution in [2.24, 2.45) is 0 Å². The van der Waals surface area contributed by atoms with Gasteiger partial charge in [0.05, 0.1) is 12.8 Å². The lowest BCUT2D eigenvalue weighted by Gasteiger charge is -2.34. The highest BCUT2D eigenvalue weighted by atomic mass is 16.5. The minimum atomic E-state index is -0.322. The van der Waals surface area contributed by atoms with E-state index in [-0.39, 0.29) is 18.2 Å². The molecule has 1 saturated heterocycles. The molecule has 2 fully saturated rings. The Hall–Kier alpha value is -3.63. The summed E-state index contributed by atoms with van der Waals surface area (Å²) >= 11 is 0. The SMILES string of the molecule is COC(=O)N1CCCN(c2ccc(N)c(N(C(=O)Nc3ccncn3)C3CCCCC3)n2)CC1. The van der Waals surface area contributed by atoms with Gasteiger partial charge in [0.1, 0.15) is 18.0 Å². The zero-order valence-electron chi connectivity index (χ0n) is 19.5. The Kier molecular flexibility index (Phi) is 7.61. The second-order valence-corrected chi connectivity index (χ2v) is 8.57. The topological polar surface area (TPSA) is 130 Å². The van der Waals surface area contributed by atoms with Crippen molar-refractivity contribution in [3.05, 3.63) is 30.7 Å². The molecule has 1 aliphatic carbocycles. The van der Waals surface area contributed by atoms with Crippen LogP contribution in [0.1, 0.15) is 38.5 Å². The highest BCUT2D eigenvalue weighted by Crippen LogP contribution is 2.32. The first kappa shape index (κ1) is 23.5. The fourth-order valence-electron chi connectivity index (χ4n) is 4.59. The Morgan fingerprint density at radius 1 is 1.09 bits per heavy atom. The molecule has 11 nitrogen and oxygen atoms in total. The summed E-state index contributed by atoms with van der Waals surface area (Å²) in [4.78, 5) is 43.8. The molecule has 3 amide bonds. The standard InChI is InChI=1S/C23H32N8O3/c1-34-23(33)30-13-5-12-29(14-15-30)20-9-8-18(24)21(28-20)31(17-6-3-2-4-7-17)22(32)27-19-10-11-25-16-26-19/h8-11,16-17H,2-7,12-15,24H2,1H3,(H,25,26,27,32). The minimum Gasteiger partial charge on any atom is -0.453 e. The number of pyridine rings is 1. The first-order valence-corrected chi connectivity index (χ1v) is 11.8. The molecule has 0 spiro atoms. The fraction of sp³-hybridized carbons (Fsp3) is 0.522. The van der Waals surface area contributed by atoms with E-state index >= 15 is 0 Å². The number of rotatable bonds is 4. The van der Waals surface area contributed by atoms with Gasteiger partial charge in [-0.05, 0) is 37.5 Å². The van der Waals surface area contributed by atoms with Gasteiger partial charge in [-0.3, -0.25) is 10.2 Å². The fourth-order valence-corrected chi connectivity index (χ4v) is 4.59. The quantitative estimate of drug-likeness (QED) is 0.700. The maximum Gasteiger partial charge on any atom is 0.409 e. The third kappa shape index (κ3) is 5.46. The van der Waals surface area contributed by atoms with Crippen LogP contribution in [0.2, 0.25) is 0 Å². The van der Waals surface area contributed by atoms with Gasteiger partial charge in [0.2, 0.25) is 0 Å². The summed E-state index contributed by atoms with van der Waals surface area (Å²) in [6, 6.07) is 5.01. The number of aromatic nitrogens is 3. The van der Waals surface area contributed by atoms with Crippen molar-refractivity contribution in [2.75, 3.05) is 54.1 Å². The number of nitrogens with zero attached hydrogens (tertiary/aromatic N) is 6. The molecule has 0 atom stereocenters. The third-order valence-corrected chi connectivity index (χ3v) is 6.35. The number of methoxy groups -OCH3 is 1. The number of nitrogens with two attached hydrogens (primary N) is 1. The Balaban J connectivity index is 1.60. The summed E-state index contributed by atoms with van der Waals surface area (Å²) in [5, 5.41) is 2.87. The first-order chi connectivity index (χ1) is 16.6. The number of hydrogen-bond acceptors (Lipinski definition) is 8. The van der Waals surface area contributed by atoms with E-state index in [0.29, 0.717) is 37.0 Å². The average molecular weight is 469 g/mol.